The van der Waals surface area contributed by atoms with Gasteiger partial charge in [0.05, 0.1) is 7.11 Å². The second kappa shape index (κ2) is 6.98. The van der Waals surface area contributed by atoms with Crippen molar-refractivity contribution in [3.05, 3.63) is 54.3 Å². The van der Waals surface area contributed by atoms with Crippen LogP contribution in [-0.4, -0.2) is 31.3 Å². The number of benzene rings is 2. The molecule has 6 nitrogen and oxygen atoms in total. The molecule has 1 unspecified atom stereocenters. The first-order chi connectivity index (χ1) is 12.0. The molecule has 3 aromatic rings. The van der Waals surface area contributed by atoms with Crippen LogP contribution in [0.3, 0.4) is 0 Å². The van der Waals surface area contributed by atoms with Gasteiger partial charge in [0.15, 0.2) is 16.7 Å². The van der Waals surface area contributed by atoms with E-state index < -0.39 is 16.9 Å². The van der Waals surface area contributed by atoms with Crippen LogP contribution in [0.5, 0.6) is 5.75 Å². The number of nitrogens with zero attached hydrogens (tertiary/aromatic N) is 1. The van der Waals surface area contributed by atoms with E-state index in [0.29, 0.717) is 16.2 Å². The number of rotatable bonds is 5. The zero-order chi connectivity index (χ0) is 18.0. The third-order valence-electron chi connectivity index (χ3n) is 3.70. The van der Waals surface area contributed by atoms with Crippen LogP contribution in [0.25, 0.3) is 11.0 Å². The quantitative estimate of drug-likeness (QED) is 0.759. The number of hydrogen-bond donors (Lipinski definition) is 1. The van der Waals surface area contributed by atoms with Gasteiger partial charge in [-0.1, -0.05) is 12.1 Å². The van der Waals surface area contributed by atoms with E-state index in [1.807, 2.05) is 37.2 Å². The average Bonchev–Trinajstić information content (AvgIpc) is 3.04. The van der Waals surface area contributed by atoms with Crippen LogP contribution < -0.4 is 14.4 Å². The summed E-state index contributed by atoms with van der Waals surface area (Å²) in [5.74, 6) is 0.00219. The minimum atomic E-state index is -1.75. The molecule has 1 aromatic heterocycles. The zero-order valence-electron chi connectivity index (χ0n) is 14.1. The van der Waals surface area contributed by atoms with Crippen molar-refractivity contribution >= 4 is 33.5 Å². The molecule has 7 heteroatoms. The molecule has 1 atom stereocenters. The van der Waals surface area contributed by atoms with E-state index in [4.69, 9.17) is 9.15 Å². The van der Waals surface area contributed by atoms with Crippen LogP contribution in [0.1, 0.15) is 10.6 Å². The number of furan rings is 1. The maximum absolute atomic E-state index is 12.4. The van der Waals surface area contributed by atoms with Crippen molar-refractivity contribution in [2.45, 2.75) is 4.90 Å². The van der Waals surface area contributed by atoms with Gasteiger partial charge in [0.25, 0.3) is 5.91 Å². The third kappa shape index (κ3) is 3.51. The first-order valence-corrected chi connectivity index (χ1v) is 8.71. The second-order valence-electron chi connectivity index (χ2n) is 5.58. The molecule has 1 amide bonds. The van der Waals surface area contributed by atoms with Crippen molar-refractivity contribution in [1.82, 2.24) is 4.72 Å². The largest absolute Gasteiger partial charge is 0.495 e. The smallest absolute Gasteiger partial charge is 0.298 e. The molecule has 2 aromatic carbocycles. The molecule has 0 fully saturated rings. The molecule has 1 heterocycles. The zero-order valence-corrected chi connectivity index (χ0v) is 14.9. The van der Waals surface area contributed by atoms with Gasteiger partial charge in [0, 0.05) is 31.2 Å². The van der Waals surface area contributed by atoms with Crippen molar-refractivity contribution < 1.29 is 18.2 Å². The van der Waals surface area contributed by atoms with Gasteiger partial charge in [-0.15, -0.1) is 0 Å². The van der Waals surface area contributed by atoms with E-state index in [1.54, 1.807) is 30.3 Å². The van der Waals surface area contributed by atoms with Crippen molar-refractivity contribution in [2.75, 3.05) is 26.1 Å². The summed E-state index contributed by atoms with van der Waals surface area (Å²) in [6.45, 7) is 0. The molecule has 0 saturated heterocycles. The number of nitrogens with one attached hydrogen (secondary N) is 1. The summed E-state index contributed by atoms with van der Waals surface area (Å²) < 4.78 is 25.6. The number of fused-ring (bicyclic) bond motifs is 1. The molecule has 0 aliphatic rings. The van der Waals surface area contributed by atoms with Crippen LogP contribution in [-0.2, 0) is 11.0 Å². The number of para-hydroxylation sites is 1. The Hall–Kier alpha value is -2.80. The minimum Gasteiger partial charge on any atom is -0.495 e. The average molecular weight is 358 g/mol. The molecule has 130 valence electrons. The van der Waals surface area contributed by atoms with Crippen LogP contribution in [0.4, 0.5) is 5.69 Å². The number of carbonyl (C=O) groups excluding carboxylic acids is 1. The molecule has 0 spiro atoms. The molecular formula is C18H18N2O4S. The molecule has 1 N–H and O–H groups in total. The fourth-order valence-electron chi connectivity index (χ4n) is 2.37. The van der Waals surface area contributed by atoms with Crippen LogP contribution in [0, 0.1) is 0 Å². The highest BCUT2D eigenvalue weighted by molar-refractivity contribution is 7.83. The number of anilines is 1. The Balaban J connectivity index is 1.83. The van der Waals surface area contributed by atoms with E-state index in [1.165, 1.54) is 7.11 Å². The summed E-state index contributed by atoms with van der Waals surface area (Å²) in [4.78, 5) is 14.7. The Kier molecular flexibility index (Phi) is 4.76. The van der Waals surface area contributed by atoms with Crippen LogP contribution in [0.2, 0.25) is 0 Å². The molecule has 0 aliphatic heterocycles. The lowest BCUT2D eigenvalue weighted by Crippen LogP contribution is -2.25. The van der Waals surface area contributed by atoms with Crippen molar-refractivity contribution in [3.8, 4) is 5.75 Å². The Bertz CT molecular complexity index is 949. The number of amides is 1. The first kappa shape index (κ1) is 17.0. The van der Waals surface area contributed by atoms with E-state index >= 15 is 0 Å². The van der Waals surface area contributed by atoms with Gasteiger partial charge in [-0.2, -0.15) is 0 Å². The second-order valence-corrected chi connectivity index (χ2v) is 6.76. The fourth-order valence-corrected chi connectivity index (χ4v) is 3.29. The summed E-state index contributed by atoms with van der Waals surface area (Å²) in [5, 5.41) is 0.804. The summed E-state index contributed by atoms with van der Waals surface area (Å²) >= 11 is 0. The van der Waals surface area contributed by atoms with Gasteiger partial charge < -0.3 is 14.1 Å². The summed E-state index contributed by atoms with van der Waals surface area (Å²) in [7, 11) is 3.58. The van der Waals surface area contributed by atoms with Crippen molar-refractivity contribution in [3.63, 3.8) is 0 Å². The standard InChI is InChI=1S/C18H18N2O4S/c1-20(2)13-9-8-12-10-16(24-15(12)11-13)18(21)19-25(22)17-7-5-4-6-14(17)23-3/h4-11H,1-3H3,(H,19,21). The van der Waals surface area contributed by atoms with Gasteiger partial charge in [-0.05, 0) is 30.3 Å². The topological polar surface area (TPSA) is 71.8 Å². The lowest BCUT2D eigenvalue weighted by atomic mass is 10.2. The van der Waals surface area contributed by atoms with Gasteiger partial charge in [0.1, 0.15) is 16.2 Å². The molecule has 0 saturated carbocycles. The molecule has 25 heavy (non-hydrogen) atoms. The normalized spacial score (nSPS) is 12.0. The van der Waals surface area contributed by atoms with E-state index in [2.05, 4.69) is 4.72 Å². The van der Waals surface area contributed by atoms with Gasteiger partial charge >= 0.3 is 0 Å². The number of carbonyl (C=O) groups is 1. The van der Waals surface area contributed by atoms with Crippen LogP contribution in [0.15, 0.2) is 57.8 Å². The minimum absolute atomic E-state index is 0.106. The van der Waals surface area contributed by atoms with E-state index in [9.17, 15) is 9.00 Å². The summed E-state index contributed by atoms with van der Waals surface area (Å²) in [6, 6.07) is 14.1. The fraction of sp³-hybridized carbons (Fsp3) is 0.167. The Morgan fingerprint density at radius 1 is 1.16 bits per heavy atom. The Morgan fingerprint density at radius 3 is 2.64 bits per heavy atom. The first-order valence-electron chi connectivity index (χ1n) is 7.56. The van der Waals surface area contributed by atoms with Gasteiger partial charge in [-0.3, -0.25) is 9.52 Å². The molecule has 0 radical (unpaired) electrons. The number of ether oxygens (including phenoxy) is 1. The lowest BCUT2D eigenvalue weighted by Gasteiger charge is -2.11. The molecule has 0 bridgehead atoms. The number of hydrogen-bond acceptors (Lipinski definition) is 5. The molecular weight excluding hydrogens is 340 g/mol. The van der Waals surface area contributed by atoms with Crippen LogP contribution >= 0.6 is 0 Å². The lowest BCUT2D eigenvalue weighted by molar-refractivity contribution is 0.0958. The highest BCUT2D eigenvalue weighted by Gasteiger charge is 2.18. The van der Waals surface area contributed by atoms with E-state index in [-0.39, 0.29) is 5.76 Å². The van der Waals surface area contributed by atoms with Gasteiger partial charge in [0.2, 0.25) is 0 Å². The maximum Gasteiger partial charge on any atom is 0.298 e. The Morgan fingerprint density at radius 2 is 1.92 bits per heavy atom. The monoisotopic (exact) mass is 358 g/mol. The Labute approximate surface area is 148 Å². The highest BCUT2D eigenvalue weighted by atomic mass is 32.2. The van der Waals surface area contributed by atoms with Crippen molar-refractivity contribution in [1.29, 1.82) is 0 Å². The predicted molar refractivity (Wildman–Crippen MR) is 97.4 cm³/mol. The predicted octanol–water partition coefficient (Wildman–Crippen LogP) is 2.96. The third-order valence-corrected chi connectivity index (χ3v) is 4.81. The number of methoxy groups -OCH3 is 1. The highest BCUT2D eigenvalue weighted by Crippen LogP contribution is 2.25. The van der Waals surface area contributed by atoms with E-state index in [0.717, 1.165) is 11.1 Å². The molecule has 3 rings (SSSR count). The summed E-state index contributed by atoms with van der Waals surface area (Å²) in [5.41, 5.74) is 1.56. The SMILES string of the molecule is COc1ccccc1S(=O)NC(=O)c1cc2ccc(N(C)C)cc2o1. The van der Waals surface area contributed by atoms with Crippen molar-refractivity contribution in [2.24, 2.45) is 0 Å². The van der Waals surface area contributed by atoms with Gasteiger partial charge in [-0.25, -0.2) is 4.21 Å². The maximum atomic E-state index is 12.4. The molecule has 0 aliphatic carbocycles. The summed E-state index contributed by atoms with van der Waals surface area (Å²) in [6.07, 6.45) is 0.